The molecule has 4 nitrogen and oxygen atoms in total. The highest BCUT2D eigenvalue weighted by molar-refractivity contribution is 9.10. The van der Waals surface area contributed by atoms with Gasteiger partial charge in [-0.2, -0.15) is 0 Å². The number of halogens is 2. The van der Waals surface area contributed by atoms with Crippen molar-refractivity contribution in [2.75, 3.05) is 19.8 Å². The third kappa shape index (κ3) is 4.54. The third-order valence-electron chi connectivity index (χ3n) is 3.05. The lowest BCUT2D eigenvalue weighted by Crippen LogP contribution is -2.35. The van der Waals surface area contributed by atoms with Gasteiger partial charge in [0.05, 0.1) is 18.3 Å². The molecule has 20 heavy (non-hydrogen) atoms. The number of rotatable bonds is 7. The van der Waals surface area contributed by atoms with Crippen LogP contribution in [0.1, 0.15) is 23.2 Å². The Morgan fingerprint density at radius 3 is 2.95 bits per heavy atom. The molecule has 2 N–H and O–H groups in total. The second-order valence-corrected chi connectivity index (χ2v) is 5.80. The van der Waals surface area contributed by atoms with Gasteiger partial charge in [-0.1, -0.05) is 6.07 Å². The van der Waals surface area contributed by atoms with Gasteiger partial charge in [-0.15, -0.1) is 0 Å². The summed E-state index contributed by atoms with van der Waals surface area (Å²) < 4.78 is 19.2. The van der Waals surface area contributed by atoms with E-state index in [-0.39, 0.29) is 18.7 Å². The van der Waals surface area contributed by atoms with Gasteiger partial charge >= 0.3 is 0 Å². The number of ether oxygens (including phenoxy) is 1. The second kappa shape index (κ2) is 7.15. The molecular weight excluding hydrogens is 329 g/mol. The van der Waals surface area contributed by atoms with E-state index in [9.17, 15) is 14.3 Å². The lowest BCUT2D eigenvalue weighted by molar-refractivity contribution is 0.0320. The molecule has 1 aromatic carbocycles. The summed E-state index contributed by atoms with van der Waals surface area (Å²) in [5, 5.41) is 12.2. The van der Waals surface area contributed by atoms with E-state index in [0.29, 0.717) is 17.0 Å². The summed E-state index contributed by atoms with van der Waals surface area (Å²) in [6.45, 7) is 0.864. The van der Waals surface area contributed by atoms with Gasteiger partial charge in [-0.25, -0.2) is 4.39 Å². The highest BCUT2D eigenvalue weighted by Gasteiger charge is 2.22. The van der Waals surface area contributed by atoms with Gasteiger partial charge in [-0.3, -0.25) is 4.79 Å². The standard InChI is InChI=1S/C14H17BrFNO3/c15-11-2-1-3-12(16)13(11)14(19)17-6-10(18)8-20-7-9-4-5-9/h1-3,9-10,18H,4-8H2,(H,17,19). The van der Waals surface area contributed by atoms with Crippen LogP contribution in [0.2, 0.25) is 0 Å². The van der Waals surface area contributed by atoms with E-state index in [1.165, 1.54) is 25.0 Å². The second-order valence-electron chi connectivity index (χ2n) is 4.94. The van der Waals surface area contributed by atoms with E-state index in [4.69, 9.17) is 4.74 Å². The SMILES string of the molecule is O=C(NCC(O)COCC1CC1)c1c(F)cccc1Br. The minimum Gasteiger partial charge on any atom is -0.389 e. The maximum atomic E-state index is 13.5. The van der Waals surface area contributed by atoms with E-state index in [2.05, 4.69) is 21.2 Å². The van der Waals surface area contributed by atoms with Gasteiger partial charge in [0.2, 0.25) is 0 Å². The van der Waals surface area contributed by atoms with Crippen molar-refractivity contribution >= 4 is 21.8 Å². The van der Waals surface area contributed by atoms with Crippen LogP contribution >= 0.6 is 15.9 Å². The lowest BCUT2D eigenvalue weighted by Gasteiger charge is -2.13. The zero-order valence-corrected chi connectivity index (χ0v) is 12.5. The molecule has 1 unspecified atom stereocenters. The number of amides is 1. The topological polar surface area (TPSA) is 58.6 Å². The summed E-state index contributed by atoms with van der Waals surface area (Å²) in [4.78, 5) is 11.8. The zero-order valence-electron chi connectivity index (χ0n) is 10.9. The van der Waals surface area contributed by atoms with Crippen LogP contribution in [0.25, 0.3) is 0 Å². The van der Waals surface area contributed by atoms with Gasteiger partial charge in [0.25, 0.3) is 5.91 Å². The molecule has 2 rings (SSSR count). The normalized spacial score (nSPS) is 15.9. The van der Waals surface area contributed by atoms with Crippen LogP contribution in [-0.4, -0.2) is 36.9 Å². The number of hydrogen-bond donors (Lipinski definition) is 2. The van der Waals surface area contributed by atoms with E-state index in [0.717, 1.165) is 0 Å². The quantitative estimate of drug-likeness (QED) is 0.795. The Hall–Kier alpha value is -0.980. The summed E-state index contributed by atoms with van der Waals surface area (Å²) >= 11 is 3.13. The Morgan fingerprint density at radius 1 is 1.55 bits per heavy atom. The summed E-state index contributed by atoms with van der Waals surface area (Å²) in [7, 11) is 0. The Balaban J connectivity index is 1.76. The molecule has 0 aliphatic heterocycles. The van der Waals surface area contributed by atoms with Crippen molar-refractivity contribution in [2.45, 2.75) is 18.9 Å². The fourth-order valence-electron chi connectivity index (χ4n) is 1.73. The minimum atomic E-state index is -0.789. The Kier molecular flexibility index (Phi) is 5.51. The first-order chi connectivity index (χ1) is 9.58. The predicted octanol–water partition coefficient (Wildman–Crippen LogP) is 2.11. The minimum absolute atomic E-state index is 0.0320. The molecular formula is C14H17BrFNO3. The fraction of sp³-hybridized carbons (Fsp3) is 0.500. The monoisotopic (exact) mass is 345 g/mol. The number of nitrogens with one attached hydrogen (secondary N) is 1. The van der Waals surface area contributed by atoms with Crippen molar-refractivity contribution in [1.82, 2.24) is 5.32 Å². The summed E-state index contributed by atoms with van der Waals surface area (Å²) in [6.07, 6.45) is 1.59. The van der Waals surface area contributed by atoms with Crippen molar-refractivity contribution in [2.24, 2.45) is 5.92 Å². The maximum absolute atomic E-state index is 13.5. The Labute approximate surface area is 125 Å². The molecule has 0 heterocycles. The van der Waals surface area contributed by atoms with Crippen LogP contribution in [0.3, 0.4) is 0 Å². The number of benzene rings is 1. The molecule has 1 amide bonds. The first kappa shape index (κ1) is 15.4. The molecule has 0 radical (unpaired) electrons. The van der Waals surface area contributed by atoms with Crippen LogP contribution in [0, 0.1) is 11.7 Å². The van der Waals surface area contributed by atoms with Crippen molar-refractivity contribution in [1.29, 1.82) is 0 Å². The third-order valence-corrected chi connectivity index (χ3v) is 3.71. The summed E-state index contributed by atoms with van der Waals surface area (Å²) in [5.74, 6) is -0.529. The number of aliphatic hydroxyl groups excluding tert-OH is 1. The molecule has 110 valence electrons. The average molecular weight is 346 g/mol. The average Bonchev–Trinajstić information content (AvgIpc) is 3.20. The van der Waals surface area contributed by atoms with Crippen molar-refractivity contribution in [3.63, 3.8) is 0 Å². The highest BCUT2D eigenvalue weighted by Crippen LogP contribution is 2.28. The molecule has 0 bridgehead atoms. The number of aliphatic hydroxyl groups is 1. The molecule has 1 atom stereocenters. The van der Waals surface area contributed by atoms with E-state index in [1.807, 2.05) is 0 Å². The number of carbonyl (C=O) groups excluding carboxylic acids is 1. The smallest absolute Gasteiger partial charge is 0.255 e. The number of hydrogen-bond acceptors (Lipinski definition) is 3. The first-order valence-electron chi connectivity index (χ1n) is 6.56. The maximum Gasteiger partial charge on any atom is 0.255 e. The van der Waals surface area contributed by atoms with Gasteiger partial charge < -0.3 is 15.2 Å². The first-order valence-corrected chi connectivity index (χ1v) is 7.35. The van der Waals surface area contributed by atoms with Crippen LogP contribution in [0.5, 0.6) is 0 Å². The summed E-state index contributed by atoms with van der Waals surface area (Å²) in [6, 6.07) is 4.32. The van der Waals surface area contributed by atoms with Gasteiger partial charge in [0.1, 0.15) is 5.82 Å². The van der Waals surface area contributed by atoms with Gasteiger partial charge in [0, 0.05) is 17.6 Å². The van der Waals surface area contributed by atoms with Gasteiger partial charge in [-0.05, 0) is 46.8 Å². The van der Waals surface area contributed by atoms with Crippen LogP contribution < -0.4 is 5.32 Å². The Bertz CT molecular complexity index is 459. The molecule has 0 saturated heterocycles. The molecule has 6 heteroatoms. The van der Waals surface area contributed by atoms with Gasteiger partial charge in [0.15, 0.2) is 0 Å². The molecule has 1 saturated carbocycles. The molecule has 1 aliphatic carbocycles. The largest absolute Gasteiger partial charge is 0.389 e. The zero-order chi connectivity index (χ0) is 14.5. The Morgan fingerprint density at radius 2 is 2.30 bits per heavy atom. The predicted molar refractivity (Wildman–Crippen MR) is 76.0 cm³/mol. The van der Waals surface area contributed by atoms with E-state index >= 15 is 0 Å². The van der Waals surface area contributed by atoms with E-state index in [1.54, 1.807) is 6.07 Å². The molecule has 1 fully saturated rings. The van der Waals surface area contributed by atoms with E-state index < -0.39 is 17.8 Å². The van der Waals surface area contributed by atoms with Crippen LogP contribution in [0.15, 0.2) is 22.7 Å². The molecule has 1 aromatic rings. The molecule has 0 aromatic heterocycles. The summed E-state index contributed by atoms with van der Waals surface area (Å²) in [5.41, 5.74) is -0.0569. The van der Waals surface area contributed by atoms with Crippen molar-refractivity contribution < 1.29 is 19.0 Å². The molecule has 0 spiro atoms. The van der Waals surface area contributed by atoms with Crippen LogP contribution in [0.4, 0.5) is 4.39 Å². The lowest BCUT2D eigenvalue weighted by atomic mass is 10.2. The fourth-order valence-corrected chi connectivity index (χ4v) is 2.25. The molecule has 1 aliphatic rings. The van der Waals surface area contributed by atoms with Crippen molar-refractivity contribution in [3.05, 3.63) is 34.1 Å². The van der Waals surface area contributed by atoms with Crippen molar-refractivity contribution in [3.8, 4) is 0 Å². The van der Waals surface area contributed by atoms with Crippen LogP contribution in [-0.2, 0) is 4.74 Å². The highest BCUT2D eigenvalue weighted by atomic mass is 79.9. The number of carbonyl (C=O) groups is 1.